The van der Waals surface area contributed by atoms with Crippen LogP contribution in [0.2, 0.25) is 0 Å². The van der Waals surface area contributed by atoms with E-state index in [-0.39, 0.29) is 5.69 Å². The summed E-state index contributed by atoms with van der Waals surface area (Å²) >= 11 is 0. The average molecular weight is 363 g/mol. The number of hydrogen-bond acceptors (Lipinski definition) is 4. The molecule has 138 valence electrons. The van der Waals surface area contributed by atoms with Crippen LogP contribution in [0.25, 0.3) is 0 Å². The Morgan fingerprint density at radius 2 is 1.77 bits per heavy atom. The van der Waals surface area contributed by atoms with Crippen molar-refractivity contribution in [2.24, 2.45) is 0 Å². The van der Waals surface area contributed by atoms with E-state index < -0.39 is 35.7 Å². The van der Waals surface area contributed by atoms with Crippen molar-refractivity contribution in [3.8, 4) is 5.75 Å². The zero-order valence-corrected chi connectivity index (χ0v) is 14.6. The number of hydrogen-bond donors (Lipinski definition) is 1. The Hall–Kier alpha value is -2.96. The van der Waals surface area contributed by atoms with Crippen LogP contribution in [-0.2, 0) is 14.3 Å². The number of halogens is 2. The maximum Gasteiger partial charge on any atom is 0.347 e. The number of anilines is 1. The van der Waals surface area contributed by atoms with Gasteiger partial charge in [0.15, 0.2) is 12.2 Å². The van der Waals surface area contributed by atoms with Crippen LogP contribution in [0, 0.1) is 18.6 Å². The van der Waals surface area contributed by atoms with Crippen LogP contribution >= 0.6 is 0 Å². The number of nitrogens with one attached hydrogen (secondary N) is 1. The predicted molar refractivity (Wildman–Crippen MR) is 91.8 cm³/mol. The summed E-state index contributed by atoms with van der Waals surface area (Å²) in [7, 11) is 0. The minimum Gasteiger partial charge on any atom is -0.479 e. The lowest BCUT2D eigenvalue weighted by atomic mass is 10.2. The largest absolute Gasteiger partial charge is 0.479 e. The number of aryl methyl sites for hydroxylation is 1. The SMILES string of the molecule is Cc1cccc(O[C@@H](C)C(=O)O[C@H](C)C(=O)Nc2cc(F)ccc2F)c1. The minimum absolute atomic E-state index is 0.332. The number of amides is 1. The Morgan fingerprint density at radius 1 is 1.04 bits per heavy atom. The van der Waals surface area contributed by atoms with Gasteiger partial charge >= 0.3 is 5.97 Å². The van der Waals surface area contributed by atoms with Crippen LogP contribution in [0.15, 0.2) is 42.5 Å². The summed E-state index contributed by atoms with van der Waals surface area (Å²) in [4.78, 5) is 24.1. The second-order valence-corrected chi connectivity index (χ2v) is 5.77. The number of esters is 1. The third-order valence-corrected chi connectivity index (χ3v) is 3.48. The molecule has 26 heavy (non-hydrogen) atoms. The van der Waals surface area contributed by atoms with Crippen molar-refractivity contribution < 1.29 is 27.8 Å². The Bertz CT molecular complexity index is 810. The van der Waals surface area contributed by atoms with E-state index in [2.05, 4.69) is 5.32 Å². The molecule has 0 aliphatic heterocycles. The molecule has 0 fully saturated rings. The fraction of sp³-hybridized carbons (Fsp3) is 0.263. The van der Waals surface area contributed by atoms with E-state index in [1.807, 2.05) is 13.0 Å². The van der Waals surface area contributed by atoms with Crippen LogP contribution in [-0.4, -0.2) is 24.1 Å². The van der Waals surface area contributed by atoms with Gasteiger partial charge in [-0.2, -0.15) is 0 Å². The quantitative estimate of drug-likeness (QED) is 0.797. The zero-order chi connectivity index (χ0) is 19.3. The van der Waals surface area contributed by atoms with Crippen LogP contribution in [0.5, 0.6) is 5.75 Å². The molecule has 2 rings (SSSR count). The van der Waals surface area contributed by atoms with E-state index in [9.17, 15) is 18.4 Å². The highest BCUT2D eigenvalue weighted by molar-refractivity contribution is 5.95. The monoisotopic (exact) mass is 363 g/mol. The Kier molecular flexibility index (Phi) is 6.27. The highest BCUT2D eigenvalue weighted by Crippen LogP contribution is 2.17. The molecule has 1 N–H and O–H groups in total. The molecular formula is C19H19F2NO4. The highest BCUT2D eigenvalue weighted by atomic mass is 19.1. The third-order valence-electron chi connectivity index (χ3n) is 3.48. The summed E-state index contributed by atoms with van der Waals surface area (Å²) in [6.07, 6.45) is -2.16. The molecule has 0 bridgehead atoms. The summed E-state index contributed by atoms with van der Waals surface area (Å²) in [5, 5.41) is 2.18. The van der Waals surface area contributed by atoms with Crippen molar-refractivity contribution in [3.05, 3.63) is 59.7 Å². The van der Waals surface area contributed by atoms with E-state index in [1.165, 1.54) is 13.8 Å². The van der Waals surface area contributed by atoms with Gasteiger partial charge in [-0.3, -0.25) is 4.79 Å². The van der Waals surface area contributed by atoms with Crippen molar-refractivity contribution in [1.29, 1.82) is 0 Å². The second-order valence-electron chi connectivity index (χ2n) is 5.77. The van der Waals surface area contributed by atoms with Gasteiger partial charge in [0.2, 0.25) is 0 Å². The molecule has 0 saturated carbocycles. The fourth-order valence-electron chi connectivity index (χ4n) is 2.09. The summed E-state index contributed by atoms with van der Waals surface area (Å²) in [6, 6.07) is 9.77. The van der Waals surface area contributed by atoms with E-state index in [1.54, 1.807) is 18.2 Å². The van der Waals surface area contributed by atoms with E-state index in [0.717, 1.165) is 23.8 Å². The number of rotatable bonds is 6. The van der Waals surface area contributed by atoms with Crippen LogP contribution in [0.3, 0.4) is 0 Å². The standard InChI is InChI=1S/C19H19F2NO4/c1-11-5-4-6-15(9-11)25-13(3)19(24)26-12(2)18(23)22-17-10-14(20)7-8-16(17)21/h4-10,12-13H,1-3H3,(H,22,23)/t12-,13+/m1/s1. The van der Waals surface area contributed by atoms with Crippen molar-refractivity contribution in [3.63, 3.8) is 0 Å². The molecule has 2 aromatic carbocycles. The Morgan fingerprint density at radius 3 is 2.46 bits per heavy atom. The number of ether oxygens (including phenoxy) is 2. The number of carbonyl (C=O) groups excluding carboxylic acids is 2. The summed E-state index contributed by atoms with van der Waals surface area (Å²) < 4.78 is 37.2. The van der Waals surface area contributed by atoms with E-state index in [4.69, 9.17) is 9.47 Å². The van der Waals surface area contributed by atoms with Gasteiger partial charge in [0, 0.05) is 6.07 Å². The predicted octanol–water partition coefficient (Wildman–Crippen LogP) is 3.61. The smallest absolute Gasteiger partial charge is 0.347 e. The van der Waals surface area contributed by atoms with Gasteiger partial charge in [0.1, 0.15) is 17.4 Å². The van der Waals surface area contributed by atoms with Gasteiger partial charge in [0.25, 0.3) is 5.91 Å². The van der Waals surface area contributed by atoms with Crippen molar-refractivity contribution in [2.75, 3.05) is 5.32 Å². The molecule has 7 heteroatoms. The molecule has 0 saturated heterocycles. The lowest BCUT2D eigenvalue weighted by molar-refractivity contribution is -0.159. The molecule has 0 aliphatic carbocycles. The molecule has 0 spiro atoms. The first kappa shape index (κ1) is 19.4. The molecule has 5 nitrogen and oxygen atoms in total. The summed E-state index contributed by atoms with van der Waals surface area (Å²) in [5.74, 6) is -2.55. The molecular weight excluding hydrogens is 344 g/mol. The molecule has 0 unspecified atom stereocenters. The lowest BCUT2D eigenvalue weighted by Crippen LogP contribution is -2.35. The maximum atomic E-state index is 13.5. The van der Waals surface area contributed by atoms with Gasteiger partial charge in [-0.05, 0) is 50.6 Å². The second kappa shape index (κ2) is 8.42. The topological polar surface area (TPSA) is 64.6 Å². The normalized spacial score (nSPS) is 12.8. The number of carbonyl (C=O) groups is 2. The average Bonchev–Trinajstić information content (AvgIpc) is 2.58. The third kappa shape index (κ3) is 5.27. The zero-order valence-electron chi connectivity index (χ0n) is 14.6. The summed E-state index contributed by atoms with van der Waals surface area (Å²) in [6.45, 7) is 4.69. The van der Waals surface area contributed by atoms with Crippen molar-refractivity contribution >= 4 is 17.6 Å². The van der Waals surface area contributed by atoms with Gasteiger partial charge in [0.05, 0.1) is 5.69 Å². The van der Waals surface area contributed by atoms with Crippen molar-refractivity contribution in [2.45, 2.75) is 33.0 Å². The van der Waals surface area contributed by atoms with Crippen LogP contribution < -0.4 is 10.1 Å². The molecule has 0 aliphatic rings. The maximum absolute atomic E-state index is 13.5. The van der Waals surface area contributed by atoms with Crippen LogP contribution in [0.1, 0.15) is 19.4 Å². The summed E-state index contributed by atoms with van der Waals surface area (Å²) in [5.41, 5.74) is 0.634. The molecule has 1 amide bonds. The van der Waals surface area contributed by atoms with Gasteiger partial charge in [-0.25, -0.2) is 13.6 Å². The Balaban J connectivity index is 1.92. The molecule has 0 radical (unpaired) electrons. The van der Waals surface area contributed by atoms with Gasteiger partial charge < -0.3 is 14.8 Å². The van der Waals surface area contributed by atoms with Crippen LogP contribution in [0.4, 0.5) is 14.5 Å². The first-order chi connectivity index (χ1) is 12.3. The van der Waals surface area contributed by atoms with Gasteiger partial charge in [-0.1, -0.05) is 12.1 Å². The Labute approximate surface area is 149 Å². The fourth-order valence-corrected chi connectivity index (χ4v) is 2.09. The molecule has 2 atom stereocenters. The van der Waals surface area contributed by atoms with E-state index in [0.29, 0.717) is 5.75 Å². The first-order valence-corrected chi connectivity index (χ1v) is 7.96. The van der Waals surface area contributed by atoms with Crippen molar-refractivity contribution in [1.82, 2.24) is 0 Å². The first-order valence-electron chi connectivity index (χ1n) is 7.96. The van der Waals surface area contributed by atoms with Gasteiger partial charge in [-0.15, -0.1) is 0 Å². The highest BCUT2D eigenvalue weighted by Gasteiger charge is 2.24. The molecule has 2 aromatic rings. The molecule has 0 heterocycles. The van der Waals surface area contributed by atoms with E-state index >= 15 is 0 Å². The molecule has 0 aromatic heterocycles. The minimum atomic E-state index is -1.21. The number of benzene rings is 2. The lowest BCUT2D eigenvalue weighted by Gasteiger charge is -2.18.